The molecule has 0 radical (unpaired) electrons. The zero-order chi connectivity index (χ0) is 16.3. The van der Waals surface area contributed by atoms with E-state index in [-0.39, 0.29) is 12.1 Å². The molecule has 6 nitrogen and oxygen atoms in total. The van der Waals surface area contributed by atoms with E-state index in [1.165, 1.54) is 13.2 Å². The van der Waals surface area contributed by atoms with Crippen molar-refractivity contribution in [2.75, 3.05) is 7.05 Å². The highest BCUT2D eigenvalue weighted by Crippen LogP contribution is 2.20. The molecule has 1 aromatic carbocycles. The van der Waals surface area contributed by atoms with Crippen molar-refractivity contribution in [2.45, 2.75) is 11.4 Å². The minimum atomic E-state index is -4.08. The maximum Gasteiger partial charge on any atom is 0.335 e. The lowest BCUT2D eigenvalue weighted by molar-refractivity contribution is 0.0696. The minimum absolute atomic E-state index is 0.0245. The van der Waals surface area contributed by atoms with Crippen LogP contribution in [0.15, 0.2) is 47.5 Å². The van der Waals surface area contributed by atoms with Gasteiger partial charge in [0, 0.05) is 13.2 Å². The number of hydrogen-bond donors (Lipinski definition) is 1. The molecule has 2 aromatic rings. The number of aromatic nitrogens is 1. The summed E-state index contributed by atoms with van der Waals surface area (Å²) in [5, 5.41) is 8.77. The standard InChI is InChI=1S/C14H13FN2O4S/c1-17(9-11-4-2-3-7-16-11)22(20,21)13-6-5-10(14(18)19)8-12(13)15/h2-8H,9H2,1H3,(H,18,19). The van der Waals surface area contributed by atoms with Gasteiger partial charge in [-0.1, -0.05) is 6.07 Å². The molecule has 0 fully saturated rings. The monoisotopic (exact) mass is 324 g/mol. The third-order valence-electron chi connectivity index (χ3n) is 2.98. The van der Waals surface area contributed by atoms with E-state index in [1.807, 2.05) is 0 Å². The van der Waals surface area contributed by atoms with Crippen molar-refractivity contribution in [1.29, 1.82) is 0 Å². The van der Waals surface area contributed by atoms with Gasteiger partial charge in [0.1, 0.15) is 10.7 Å². The molecule has 22 heavy (non-hydrogen) atoms. The number of benzene rings is 1. The van der Waals surface area contributed by atoms with Gasteiger partial charge in [0.05, 0.1) is 17.8 Å². The van der Waals surface area contributed by atoms with Crippen LogP contribution < -0.4 is 0 Å². The van der Waals surface area contributed by atoms with Gasteiger partial charge in [-0.15, -0.1) is 0 Å². The zero-order valence-electron chi connectivity index (χ0n) is 11.6. The highest BCUT2D eigenvalue weighted by molar-refractivity contribution is 7.89. The fourth-order valence-corrected chi connectivity index (χ4v) is 3.00. The van der Waals surface area contributed by atoms with Gasteiger partial charge in [-0.3, -0.25) is 4.98 Å². The topological polar surface area (TPSA) is 87.6 Å². The first-order chi connectivity index (χ1) is 10.3. The third-order valence-corrected chi connectivity index (χ3v) is 4.81. The molecule has 0 unspecified atom stereocenters. The lowest BCUT2D eigenvalue weighted by atomic mass is 10.2. The maximum absolute atomic E-state index is 13.9. The summed E-state index contributed by atoms with van der Waals surface area (Å²) in [7, 11) is -2.78. The van der Waals surface area contributed by atoms with E-state index in [4.69, 9.17) is 5.11 Å². The van der Waals surface area contributed by atoms with Gasteiger partial charge in [0.2, 0.25) is 10.0 Å². The Balaban J connectivity index is 2.32. The summed E-state index contributed by atoms with van der Waals surface area (Å²) in [6, 6.07) is 7.74. The maximum atomic E-state index is 13.9. The van der Waals surface area contributed by atoms with Crippen molar-refractivity contribution in [2.24, 2.45) is 0 Å². The van der Waals surface area contributed by atoms with E-state index < -0.39 is 26.7 Å². The molecule has 0 saturated heterocycles. The largest absolute Gasteiger partial charge is 0.478 e. The van der Waals surface area contributed by atoms with Gasteiger partial charge in [-0.25, -0.2) is 17.6 Å². The van der Waals surface area contributed by atoms with Crippen LogP contribution in [0.4, 0.5) is 4.39 Å². The Morgan fingerprint density at radius 2 is 2.05 bits per heavy atom. The van der Waals surface area contributed by atoms with Crippen molar-refractivity contribution >= 4 is 16.0 Å². The fourth-order valence-electron chi connectivity index (χ4n) is 1.82. The molecule has 1 N–H and O–H groups in total. The first kappa shape index (κ1) is 16.1. The van der Waals surface area contributed by atoms with Gasteiger partial charge in [-0.05, 0) is 30.3 Å². The Morgan fingerprint density at radius 1 is 1.32 bits per heavy atom. The minimum Gasteiger partial charge on any atom is -0.478 e. The van der Waals surface area contributed by atoms with E-state index in [0.29, 0.717) is 11.8 Å². The Labute approximate surface area is 126 Å². The number of hydrogen-bond acceptors (Lipinski definition) is 4. The van der Waals surface area contributed by atoms with Gasteiger partial charge < -0.3 is 5.11 Å². The van der Waals surface area contributed by atoms with Crippen LogP contribution in [0.25, 0.3) is 0 Å². The summed E-state index contributed by atoms with van der Waals surface area (Å²) in [6.07, 6.45) is 1.53. The molecule has 8 heteroatoms. The quantitative estimate of drug-likeness (QED) is 0.905. The van der Waals surface area contributed by atoms with Crippen LogP contribution in [0.3, 0.4) is 0 Å². The van der Waals surface area contributed by atoms with Gasteiger partial charge >= 0.3 is 5.97 Å². The number of carboxylic acids is 1. The predicted octanol–water partition coefficient (Wildman–Crippen LogP) is 1.74. The molecule has 0 aliphatic carbocycles. The summed E-state index contributed by atoms with van der Waals surface area (Å²) in [5.41, 5.74) is 0.194. The number of aromatic carboxylic acids is 1. The highest BCUT2D eigenvalue weighted by atomic mass is 32.2. The van der Waals surface area contributed by atoms with E-state index in [0.717, 1.165) is 16.4 Å². The molecule has 116 valence electrons. The average molecular weight is 324 g/mol. The number of sulfonamides is 1. The van der Waals surface area contributed by atoms with E-state index in [2.05, 4.69) is 4.98 Å². The first-order valence-electron chi connectivity index (χ1n) is 6.21. The second kappa shape index (κ2) is 6.20. The van der Waals surface area contributed by atoms with E-state index in [9.17, 15) is 17.6 Å². The second-order valence-electron chi connectivity index (χ2n) is 4.53. The lowest BCUT2D eigenvalue weighted by Gasteiger charge is -2.17. The molecular weight excluding hydrogens is 311 g/mol. The van der Waals surface area contributed by atoms with Crippen molar-refractivity contribution < 1.29 is 22.7 Å². The van der Waals surface area contributed by atoms with Crippen LogP contribution in [0, 0.1) is 5.82 Å². The SMILES string of the molecule is CN(Cc1ccccn1)S(=O)(=O)c1ccc(C(=O)O)cc1F. The van der Waals surface area contributed by atoms with Crippen LogP contribution in [-0.4, -0.2) is 35.8 Å². The predicted molar refractivity (Wildman–Crippen MR) is 76.2 cm³/mol. The van der Waals surface area contributed by atoms with Gasteiger partial charge in [0.15, 0.2) is 0 Å². The first-order valence-corrected chi connectivity index (χ1v) is 7.65. The van der Waals surface area contributed by atoms with Crippen molar-refractivity contribution in [1.82, 2.24) is 9.29 Å². The second-order valence-corrected chi connectivity index (χ2v) is 6.55. The molecule has 0 saturated carbocycles. The summed E-state index contributed by atoms with van der Waals surface area (Å²) < 4.78 is 39.6. The lowest BCUT2D eigenvalue weighted by Crippen LogP contribution is -2.27. The van der Waals surface area contributed by atoms with Crippen LogP contribution >= 0.6 is 0 Å². The molecule has 2 rings (SSSR count). The highest BCUT2D eigenvalue weighted by Gasteiger charge is 2.25. The molecule has 0 aliphatic rings. The van der Waals surface area contributed by atoms with Crippen LogP contribution in [0.5, 0.6) is 0 Å². The van der Waals surface area contributed by atoms with E-state index >= 15 is 0 Å². The molecule has 0 aliphatic heterocycles. The smallest absolute Gasteiger partial charge is 0.335 e. The average Bonchev–Trinajstić information content (AvgIpc) is 2.47. The molecule has 0 atom stereocenters. The van der Waals surface area contributed by atoms with E-state index in [1.54, 1.807) is 18.2 Å². The normalized spacial score (nSPS) is 11.6. The Morgan fingerprint density at radius 3 is 2.59 bits per heavy atom. The van der Waals surface area contributed by atoms with Crippen molar-refractivity contribution in [3.63, 3.8) is 0 Å². The number of halogens is 1. The van der Waals surface area contributed by atoms with Crippen LogP contribution in [0.1, 0.15) is 16.1 Å². The molecule has 1 heterocycles. The fraction of sp³-hybridized carbons (Fsp3) is 0.143. The van der Waals surface area contributed by atoms with Crippen molar-refractivity contribution in [3.8, 4) is 0 Å². The number of carboxylic acid groups (broad SMARTS) is 1. The van der Waals surface area contributed by atoms with Crippen LogP contribution in [-0.2, 0) is 16.6 Å². The number of pyridine rings is 1. The van der Waals surface area contributed by atoms with Gasteiger partial charge in [-0.2, -0.15) is 4.31 Å². The molecule has 0 spiro atoms. The zero-order valence-corrected chi connectivity index (χ0v) is 12.4. The Hall–Kier alpha value is -2.32. The third kappa shape index (κ3) is 3.29. The summed E-state index contributed by atoms with van der Waals surface area (Å²) >= 11 is 0. The van der Waals surface area contributed by atoms with Crippen LogP contribution in [0.2, 0.25) is 0 Å². The summed E-state index contributed by atoms with van der Waals surface area (Å²) in [5.74, 6) is -2.43. The van der Waals surface area contributed by atoms with Crippen molar-refractivity contribution in [3.05, 3.63) is 59.7 Å². The molecule has 0 amide bonds. The molecule has 0 bridgehead atoms. The summed E-state index contributed by atoms with van der Waals surface area (Å²) in [4.78, 5) is 14.2. The number of nitrogens with zero attached hydrogens (tertiary/aromatic N) is 2. The van der Waals surface area contributed by atoms with Gasteiger partial charge in [0.25, 0.3) is 0 Å². The molecular formula is C14H13FN2O4S. The molecule has 1 aromatic heterocycles. The number of rotatable bonds is 5. The number of carbonyl (C=O) groups is 1. The Kier molecular flexibility index (Phi) is 4.53. The summed E-state index contributed by atoms with van der Waals surface area (Å²) in [6.45, 7) is -0.0245. The Bertz CT molecular complexity index is 794.